The van der Waals surface area contributed by atoms with E-state index in [9.17, 15) is 4.79 Å². The zero-order chi connectivity index (χ0) is 15.2. The number of para-hydroxylation sites is 1. The van der Waals surface area contributed by atoms with Gasteiger partial charge in [-0.25, -0.2) is 0 Å². The van der Waals surface area contributed by atoms with Gasteiger partial charge in [0, 0.05) is 0 Å². The summed E-state index contributed by atoms with van der Waals surface area (Å²) in [5, 5.41) is 11.4. The molecule has 1 aliphatic rings. The molecule has 1 aromatic rings. The Kier molecular flexibility index (Phi) is 5.38. The molecular formula is C15H19N3O2S. The average Bonchev–Trinajstić information content (AvgIpc) is 2.85. The van der Waals surface area contributed by atoms with Gasteiger partial charge in [-0.1, -0.05) is 43.8 Å². The van der Waals surface area contributed by atoms with E-state index < -0.39 is 0 Å². The molecule has 1 saturated heterocycles. The maximum atomic E-state index is 11.7. The SMILES string of the molecule is C/C(COc1ccccc1)=N\N=C1/NC(=O)C(C(C)C)S1. The molecule has 0 aliphatic carbocycles. The summed E-state index contributed by atoms with van der Waals surface area (Å²) in [6.45, 7) is 6.24. The smallest absolute Gasteiger partial charge is 0.239 e. The minimum Gasteiger partial charge on any atom is -0.488 e. The molecule has 112 valence electrons. The first kappa shape index (κ1) is 15.6. The molecule has 6 heteroatoms. The van der Waals surface area contributed by atoms with E-state index in [1.54, 1.807) is 0 Å². The van der Waals surface area contributed by atoms with Gasteiger partial charge in [0.2, 0.25) is 5.91 Å². The number of carbonyl (C=O) groups is 1. The Bertz CT molecular complexity index is 555. The molecule has 21 heavy (non-hydrogen) atoms. The van der Waals surface area contributed by atoms with E-state index in [2.05, 4.69) is 15.5 Å². The van der Waals surface area contributed by atoms with E-state index in [0.29, 0.717) is 11.8 Å². The fourth-order valence-electron chi connectivity index (χ4n) is 1.73. The fraction of sp³-hybridized carbons (Fsp3) is 0.400. The van der Waals surface area contributed by atoms with E-state index in [4.69, 9.17) is 4.74 Å². The number of nitrogens with zero attached hydrogens (tertiary/aromatic N) is 2. The maximum absolute atomic E-state index is 11.7. The summed E-state index contributed by atoms with van der Waals surface area (Å²) < 4.78 is 5.57. The van der Waals surface area contributed by atoms with Crippen LogP contribution < -0.4 is 10.1 Å². The summed E-state index contributed by atoms with van der Waals surface area (Å²) in [6.07, 6.45) is 0. The predicted octanol–water partition coefficient (Wildman–Crippen LogP) is 2.68. The van der Waals surface area contributed by atoms with Crippen molar-refractivity contribution in [3.63, 3.8) is 0 Å². The Morgan fingerprint density at radius 2 is 2.10 bits per heavy atom. The number of carbonyl (C=O) groups excluding carboxylic acids is 1. The molecule has 1 aromatic carbocycles. The third-order valence-electron chi connectivity index (χ3n) is 2.84. The number of hydrogen-bond acceptors (Lipinski definition) is 5. The van der Waals surface area contributed by atoms with Gasteiger partial charge in [0.1, 0.15) is 12.4 Å². The van der Waals surface area contributed by atoms with Crippen molar-refractivity contribution in [3.05, 3.63) is 30.3 Å². The van der Waals surface area contributed by atoms with Gasteiger partial charge in [0.05, 0.1) is 11.0 Å². The third kappa shape index (κ3) is 4.60. The van der Waals surface area contributed by atoms with Crippen molar-refractivity contribution in [3.8, 4) is 5.75 Å². The number of rotatable bonds is 5. The number of nitrogens with one attached hydrogen (secondary N) is 1. The van der Waals surface area contributed by atoms with Crippen LogP contribution in [0.25, 0.3) is 0 Å². The van der Waals surface area contributed by atoms with Gasteiger partial charge in [-0.2, -0.15) is 5.10 Å². The number of amides is 1. The topological polar surface area (TPSA) is 63.1 Å². The number of thioether (sulfide) groups is 1. The Morgan fingerprint density at radius 1 is 1.38 bits per heavy atom. The van der Waals surface area contributed by atoms with Gasteiger partial charge >= 0.3 is 0 Å². The van der Waals surface area contributed by atoms with Crippen LogP contribution in [0.4, 0.5) is 0 Å². The standard InChI is InChI=1S/C15H19N3O2S/c1-10(2)13-14(19)16-15(21-13)18-17-11(3)9-20-12-7-5-4-6-8-12/h4-8,10,13H,9H2,1-3H3,(H,16,18,19)/b17-11+. The summed E-state index contributed by atoms with van der Waals surface area (Å²) >= 11 is 1.42. The lowest BCUT2D eigenvalue weighted by Crippen LogP contribution is -2.27. The normalized spacial score (nSPS) is 21.0. The highest BCUT2D eigenvalue weighted by molar-refractivity contribution is 8.15. The zero-order valence-corrected chi connectivity index (χ0v) is 13.2. The molecule has 1 amide bonds. The first-order chi connectivity index (χ1) is 10.1. The van der Waals surface area contributed by atoms with Crippen molar-refractivity contribution in [1.82, 2.24) is 5.32 Å². The van der Waals surface area contributed by atoms with Gasteiger partial charge in [-0.3, -0.25) is 4.79 Å². The molecule has 0 spiro atoms. The maximum Gasteiger partial charge on any atom is 0.239 e. The minimum atomic E-state index is -0.0835. The molecule has 0 saturated carbocycles. The molecule has 0 aromatic heterocycles. The highest BCUT2D eigenvalue weighted by Gasteiger charge is 2.32. The number of amidine groups is 1. The third-order valence-corrected chi connectivity index (χ3v) is 4.25. The minimum absolute atomic E-state index is 0.00198. The number of hydrogen-bond donors (Lipinski definition) is 1. The molecule has 1 atom stereocenters. The van der Waals surface area contributed by atoms with Crippen LogP contribution in [-0.2, 0) is 4.79 Å². The van der Waals surface area contributed by atoms with Gasteiger partial charge < -0.3 is 10.1 Å². The molecule has 2 rings (SSSR count). The summed E-state index contributed by atoms with van der Waals surface area (Å²) in [6, 6.07) is 9.54. The van der Waals surface area contributed by atoms with E-state index >= 15 is 0 Å². The van der Waals surface area contributed by atoms with E-state index in [1.165, 1.54) is 11.8 Å². The summed E-state index contributed by atoms with van der Waals surface area (Å²) in [5.74, 6) is 1.07. The first-order valence-electron chi connectivity index (χ1n) is 6.82. The lowest BCUT2D eigenvalue weighted by molar-refractivity contribution is -0.119. The molecule has 1 unspecified atom stereocenters. The van der Waals surface area contributed by atoms with E-state index in [1.807, 2.05) is 51.1 Å². The Morgan fingerprint density at radius 3 is 2.71 bits per heavy atom. The van der Waals surface area contributed by atoms with Gasteiger partial charge in [-0.15, -0.1) is 5.10 Å². The molecule has 0 radical (unpaired) electrons. The van der Waals surface area contributed by atoms with Crippen LogP contribution in [0.1, 0.15) is 20.8 Å². The highest BCUT2D eigenvalue weighted by atomic mass is 32.2. The largest absolute Gasteiger partial charge is 0.488 e. The summed E-state index contributed by atoms with van der Waals surface area (Å²) in [5.41, 5.74) is 0.745. The zero-order valence-electron chi connectivity index (χ0n) is 12.4. The van der Waals surface area contributed by atoms with Gasteiger partial charge in [0.25, 0.3) is 0 Å². The van der Waals surface area contributed by atoms with Crippen LogP contribution in [-0.4, -0.2) is 28.6 Å². The second kappa shape index (κ2) is 7.26. The molecule has 1 N–H and O–H groups in total. The fourth-order valence-corrected chi connectivity index (χ4v) is 2.66. The predicted molar refractivity (Wildman–Crippen MR) is 86.8 cm³/mol. The molecule has 0 bridgehead atoms. The molecular weight excluding hydrogens is 286 g/mol. The second-order valence-corrected chi connectivity index (χ2v) is 6.24. The quantitative estimate of drug-likeness (QED) is 0.672. The Balaban J connectivity index is 1.88. The van der Waals surface area contributed by atoms with Crippen molar-refractivity contribution < 1.29 is 9.53 Å². The average molecular weight is 305 g/mol. The monoisotopic (exact) mass is 305 g/mol. The highest BCUT2D eigenvalue weighted by Crippen LogP contribution is 2.25. The van der Waals surface area contributed by atoms with Crippen LogP contribution in [0.15, 0.2) is 40.5 Å². The van der Waals surface area contributed by atoms with Crippen LogP contribution in [0.3, 0.4) is 0 Å². The van der Waals surface area contributed by atoms with Crippen molar-refractivity contribution in [2.24, 2.45) is 16.1 Å². The Labute approximate surface area is 128 Å². The van der Waals surface area contributed by atoms with Crippen LogP contribution >= 0.6 is 11.8 Å². The van der Waals surface area contributed by atoms with Gasteiger partial charge in [0.15, 0.2) is 5.17 Å². The van der Waals surface area contributed by atoms with Crippen molar-refractivity contribution in [2.45, 2.75) is 26.0 Å². The number of benzene rings is 1. The number of ether oxygens (including phenoxy) is 1. The molecule has 1 fully saturated rings. The van der Waals surface area contributed by atoms with Crippen molar-refractivity contribution in [2.75, 3.05) is 6.61 Å². The lowest BCUT2D eigenvalue weighted by atomic mass is 10.1. The van der Waals surface area contributed by atoms with Crippen LogP contribution in [0.5, 0.6) is 5.75 Å². The van der Waals surface area contributed by atoms with Crippen molar-refractivity contribution in [1.29, 1.82) is 0 Å². The molecule has 1 heterocycles. The van der Waals surface area contributed by atoms with E-state index in [-0.39, 0.29) is 17.1 Å². The molecule has 1 aliphatic heterocycles. The van der Waals surface area contributed by atoms with Crippen molar-refractivity contribution >= 4 is 28.5 Å². The van der Waals surface area contributed by atoms with E-state index in [0.717, 1.165) is 11.5 Å². The first-order valence-corrected chi connectivity index (χ1v) is 7.70. The Hall–Kier alpha value is -1.82. The lowest BCUT2D eigenvalue weighted by Gasteiger charge is -2.07. The molecule has 5 nitrogen and oxygen atoms in total. The second-order valence-electron chi connectivity index (χ2n) is 5.11. The summed E-state index contributed by atoms with van der Waals surface area (Å²) in [4.78, 5) is 11.7. The van der Waals surface area contributed by atoms with Crippen LogP contribution in [0, 0.1) is 5.92 Å². The summed E-state index contributed by atoms with van der Waals surface area (Å²) in [7, 11) is 0. The van der Waals surface area contributed by atoms with Crippen LogP contribution in [0.2, 0.25) is 0 Å². The van der Waals surface area contributed by atoms with Gasteiger partial charge in [-0.05, 0) is 25.0 Å².